The normalized spacial score (nSPS) is 18.5. The van der Waals surface area contributed by atoms with Crippen molar-refractivity contribution in [2.75, 3.05) is 11.9 Å². The van der Waals surface area contributed by atoms with Gasteiger partial charge in [-0.2, -0.15) is 0 Å². The molecule has 0 unspecified atom stereocenters. The number of nitrogens with zero attached hydrogens (tertiary/aromatic N) is 1. The zero-order valence-corrected chi connectivity index (χ0v) is 14.1. The average Bonchev–Trinajstić information content (AvgIpc) is 2.66. The maximum Gasteiger partial charge on any atom is 0.312 e. The second kappa shape index (κ2) is 6.29. The zero-order valence-electron chi connectivity index (χ0n) is 14.1. The summed E-state index contributed by atoms with van der Waals surface area (Å²) in [5, 5.41) is 12.4. The van der Waals surface area contributed by atoms with E-state index < -0.39 is 11.9 Å². The average molecular weight is 350 g/mol. The summed E-state index contributed by atoms with van der Waals surface area (Å²) in [5.41, 5.74) is 3.83. The number of fused-ring (bicyclic) bond motifs is 2. The Hall–Kier alpha value is -3.15. The molecule has 0 aliphatic carbocycles. The van der Waals surface area contributed by atoms with Crippen LogP contribution in [0.4, 0.5) is 5.69 Å². The first kappa shape index (κ1) is 16.3. The van der Waals surface area contributed by atoms with E-state index in [-0.39, 0.29) is 18.4 Å². The molecular formula is C20H18N2O4. The van der Waals surface area contributed by atoms with Gasteiger partial charge >= 0.3 is 5.97 Å². The van der Waals surface area contributed by atoms with Gasteiger partial charge in [0.2, 0.25) is 5.91 Å². The van der Waals surface area contributed by atoms with Crippen molar-refractivity contribution in [3.05, 3.63) is 64.7 Å². The van der Waals surface area contributed by atoms with Gasteiger partial charge in [-0.05, 0) is 41.3 Å². The van der Waals surface area contributed by atoms with E-state index >= 15 is 0 Å². The molecule has 2 heterocycles. The van der Waals surface area contributed by atoms with Crippen LogP contribution in [0.25, 0.3) is 0 Å². The quantitative estimate of drug-likeness (QED) is 0.871. The van der Waals surface area contributed by atoms with Gasteiger partial charge in [-0.3, -0.25) is 14.4 Å². The van der Waals surface area contributed by atoms with Gasteiger partial charge in [0.1, 0.15) is 0 Å². The smallest absolute Gasteiger partial charge is 0.312 e. The first-order chi connectivity index (χ1) is 12.5. The summed E-state index contributed by atoms with van der Waals surface area (Å²) in [6.07, 6.45) is 1.01. The molecule has 2 amide bonds. The van der Waals surface area contributed by atoms with Crippen molar-refractivity contribution in [2.24, 2.45) is 0 Å². The summed E-state index contributed by atoms with van der Waals surface area (Å²) < 4.78 is 0. The molecule has 0 spiro atoms. The van der Waals surface area contributed by atoms with Gasteiger partial charge in [0.05, 0.1) is 5.92 Å². The van der Waals surface area contributed by atoms with E-state index in [1.807, 2.05) is 24.3 Å². The molecule has 6 heteroatoms. The zero-order chi connectivity index (χ0) is 18.3. The van der Waals surface area contributed by atoms with Crippen LogP contribution < -0.4 is 5.32 Å². The van der Waals surface area contributed by atoms with Gasteiger partial charge in [0.15, 0.2) is 0 Å². The number of rotatable bonds is 2. The Kier molecular flexibility index (Phi) is 3.95. The molecule has 2 aromatic carbocycles. The van der Waals surface area contributed by atoms with Crippen LogP contribution in [-0.2, 0) is 22.6 Å². The van der Waals surface area contributed by atoms with Crippen molar-refractivity contribution < 1.29 is 19.5 Å². The van der Waals surface area contributed by atoms with Gasteiger partial charge in [0, 0.05) is 30.8 Å². The van der Waals surface area contributed by atoms with Crippen LogP contribution in [0.1, 0.15) is 39.4 Å². The van der Waals surface area contributed by atoms with Crippen LogP contribution in [0.5, 0.6) is 0 Å². The Balaban J connectivity index is 1.63. The Morgan fingerprint density at radius 3 is 2.69 bits per heavy atom. The third-order valence-corrected chi connectivity index (χ3v) is 5.03. The number of aryl methyl sites for hydroxylation is 1. The number of hydrogen-bond acceptors (Lipinski definition) is 3. The molecule has 26 heavy (non-hydrogen) atoms. The fourth-order valence-electron chi connectivity index (χ4n) is 3.67. The minimum Gasteiger partial charge on any atom is -0.481 e. The largest absolute Gasteiger partial charge is 0.481 e. The number of carbonyl (C=O) groups excluding carboxylic acids is 2. The number of carboxylic acids is 1. The summed E-state index contributed by atoms with van der Waals surface area (Å²) in [7, 11) is 0. The SMILES string of the molecule is O=C1CCc2cc(C(=O)N3Cc4ccccc4[C@H](C(=O)O)C3)ccc2N1. The number of benzene rings is 2. The van der Waals surface area contributed by atoms with Crippen LogP contribution in [0.15, 0.2) is 42.5 Å². The predicted molar refractivity (Wildman–Crippen MR) is 95.0 cm³/mol. The number of amides is 2. The van der Waals surface area contributed by atoms with Crippen LogP contribution in [-0.4, -0.2) is 34.3 Å². The van der Waals surface area contributed by atoms with Crippen LogP contribution in [0.3, 0.4) is 0 Å². The monoisotopic (exact) mass is 350 g/mol. The standard InChI is InChI=1S/C20H18N2O4/c23-18-8-6-12-9-13(5-7-17(12)21-18)19(24)22-10-14-3-1-2-4-15(14)16(11-22)20(25)26/h1-5,7,9,16H,6,8,10-11H2,(H,21,23)(H,25,26)/t16-/m1/s1. The van der Waals surface area contributed by atoms with Crippen molar-refractivity contribution in [2.45, 2.75) is 25.3 Å². The summed E-state index contributed by atoms with van der Waals surface area (Å²) in [4.78, 5) is 37.7. The molecular weight excluding hydrogens is 332 g/mol. The molecule has 2 aromatic rings. The van der Waals surface area contributed by atoms with E-state index in [0.717, 1.165) is 22.4 Å². The molecule has 4 rings (SSSR count). The molecule has 2 N–H and O–H groups in total. The number of anilines is 1. The van der Waals surface area contributed by atoms with Crippen molar-refractivity contribution in [3.63, 3.8) is 0 Å². The number of carbonyl (C=O) groups is 3. The third kappa shape index (κ3) is 2.83. The molecule has 0 radical (unpaired) electrons. The summed E-state index contributed by atoms with van der Waals surface area (Å²) >= 11 is 0. The van der Waals surface area contributed by atoms with Crippen molar-refractivity contribution in [1.29, 1.82) is 0 Å². The minimum atomic E-state index is -0.928. The fraction of sp³-hybridized carbons (Fsp3) is 0.250. The van der Waals surface area contributed by atoms with E-state index in [1.54, 1.807) is 23.1 Å². The first-order valence-electron chi connectivity index (χ1n) is 8.55. The maximum atomic E-state index is 13.0. The van der Waals surface area contributed by atoms with E-state index in [9.17, 15) is 19.5 Å². The summed E-state index contributed by atoms with van der Waals surface area (Å²) in [5.74, 6) is -1.86. The van der Waals surface area contributed by atoms with Gasteiger partial charge in [-0.1, -0.05) is 24.3 Å². The Labute approximate surface area is 150 Å². The van der Waals surface area contributed by atoms with Crippen molar-refractivity contribution >= 4 is 23.5 Å². The van der Waals surface area contributed by atoms with Crippen LogP contribution in [0, 0.1) is 0 Å². The van der Waals surface area contributed by atoms with E-state index in [4.69, 9.17) is 0 Å². The molecule has 6 nitrogen and oxygen atoms in total. The third-order valence-electron chi connectivity index (χ3n) is 5.03. The Morgan fingerprint density at radius 1 is 1.08 bits per heavy atom. The lowest BCUT2D eigenvalue weighted by Gasteiger charge is -2.33. The second-order valence-corrected chi connectivity index (χ2v) is 6.70. The molecule has 0 aromatic heterocycles. The molecule has 0 fully saturated rings. The highest BCUT2D eigenvalue weighted by molar-refractivity contribution is 5.98. The number of hydrogen-bond donors (Lipinski definition) is 2. The highest BCUT2D eigenvalue weighted by Gasteiger charge is 2.33. The number of aliphatic carboxylic acids is 1. The molecule has 1 atom stereocenters. The molecule has 0 saturated heterocycles. The lowest BCUT2D eigenvalue weighted by atomic mass is 9.89. The molecule has 0 bridgehead atoms. The fourth-order valence-corrected chi connectivity index (χ4v) is 3.67. The minimum absolute atomic E-state index is 0.0199. The highest BCUT2D eigenvalue weighted by Crippen LogP contribution is 2.30. The van der Waals surface area contributed by atoms with Gasteiger partial charge in [-0.25, -0.2) is 0 Å². The Morgan fingerprint density at radius 2 is 1.88 bits per heavy atom. The van der Waals surface area contributed by atoms with Gasteiger partial charge < -0.3 is 15.3 Å². The lowest BCUT2D eigenvalue weighted by molar-refractivity contribution is -0.139. The first-order valence-corrected chi connectivity index (χ1v) is 8.55. The van der Waals surface area contributed by atoms with E-state index in [2.05, 4.69) is 5.32 Å². The lowest BCUT2D eigenvalue weighted by Crippen LogP contribution is -2.40. The molecule has 132 valence electrons. The van der Waals surface area contributed by atoms with E-state index in [1.165, 1.54) is 0 Å². The van der Waals surface area contributed by atoms with Crippen molar-refractivity contribution in [1.82, 2.24) is 4.90 Å². The van der Waals surface area contributed by atoms with Crippen LogP contribution >= 0.6 is 0 Å². The van der Waals surface area contributed by atoms with E-state index in [0.29, 0.717) is 24.9 Å². The van der Waals surface area contributed by atoms with Crippen molar-refractivity contribution in [3.8, 4) is 0 Å². The molecule has 2 aliphatic rings. The summed E-state index contributed by atoms with van der Waals surface area (Å²) in [6.45, 7) is 0.547. The predicted octanol–water partition coefficient (Wildman–Crippen LogP) is 2.40. The summed E-state index contributed by atoms with van der Waals surface area (Å²) in [6, 6.07) is 12.6. The van der Waals surface area contributed by atoms with Gasteiger partial charge in [-0.15, -0.1) is 0 Å². The molecule has 2 aliphatic heterocycles. The topological polar surface area (TPSA) is 86.7 Å². The Bertz CT molecular complexity index is 922. The second-order valence-electron chi connectivity index (χ2n) is 6.70. The highest BCUT2D eigenvalue weighted by atomic mass is 16.4. The number of nitrogens with one attached hydrogen (secondary N) is 1. The number of carboxylic acid groups (broad SMARTS) is 1. The molecule has 0 saturated carbocycles. The van der Waals surface area contributed by atoms with Crippen LogP contribution in [0.2, 0.25) is 0 Å². The van der Waals surface area contributed by atoms with Gasteiger partial charge in [0.25, 0.3) is 5.91 Å². The maximum absolute atomic E-state index is 13.0.